The fourth-order valence-electron chi connectivity index (χ4n) is 4.02. The molecule has 6 heteroatoms. The second kappa shape index (κ2) is 8.76. The monoisotopic (exact) mass is 469 g/mol. The van der Waals surface area contributed by atoms with E-state index >= 15 is 0 Å². The second-order valence-corrected chi connectivity index (χ2v) is 8.51. The number of hydrogen-bond donors (Lipinski definition) is 0. The maximum atomic E-state index is 13.3. The summed E-state index contributed by atoms with van der Waals surface area (Å²) in [5.74, 6) is -0.517. The summed E-state index contributed by atoms with van der Waals surface area (Å²) in [6.45, 7) is 3.78. The Morgan fingerprint density at radius 3 is 2.56 bits per heavy atom. The van der Waals surface area contributed by atoms with Gasteiger partial charge in [0.05, 0.1) is 16.8 Å². The normalized spacial score (nSPS) is 11.1. The molecule has 0 atom stereocenters. The standard InChI is InChI=1S/C28H20ClNO4/c1-16-11-12-19-18(13-26(31)34-27(19)17(16)2)15-33-28(32)22-14-25(21-8-3-5-9-23(21)29)30-24-10-6-4-7-20(22)24/h3-14H,15H2,1-2H3. The lowest BCUT2D eigenvalue weighted by Gasteiger charge is -2.12. The number of aromatic nitrogens is 1. The van der Waals surface area contributed by atoms with E-state index in [1.165, 1.54) is 6.07 Å². The van der Waals surface area contributed by atoms with Gasteiger partial charge in [-0.2, -0.15) is 0 Å². The predicted molar refractivity (Wildman–Crippen MR) is 133 cm³/mol. The van der Waals surface area contributed by atoms with Crippen LogP contribution in [0.2, 0.25) is 5.02 Å². The van der Waals surface area contributed by atoms with Gasteiger partial charge in [0.15, 0.2) is 0 Å². The number of carbonyl (C=O) groups excluding carboxylic acids is 1. The first-order valence-corrected chi connectivity index (χ1v) is 11.1. The lowest BCUT2D eigenvalue weighted by Crippen LogP contribution is -2.09. The van der Waals surface area contributed by atoms with Crippen LogP contribution in [0.1, 0.15) is 27.0 Å². The summed E-state index contributed by atoms with van der Waals surface area (Å²) in [5.41, 5.74) is 4.84. The van der Waals surface area contributed by atoms with Crippen LogP contribution in [-0.4, -0.2) is 11.0 Å². The van der Waals surface area contributed by atoms with Crippen molar-refractivity contribution >= 4 is 39.4 Å². The Bertz CT molecular complexity index is 1640. The first kappa shape index (κ1) is 21.9. The van der Waals surface area contributed by atoms with Crippen LogP contribution in [0.4, 0.5) is 0 Å². The molecule has 168 valence electrons. The van der Waals surface area contributed by atoms with Crippen molar-refractivity contribution in [1.82, 2.24) is 4.98 Å². The molecule has 0 amide bonds. The van der Waals surface area contributed by atoms with E-state index in [-0.39, 0.29) is 6.61 Å². The third-order valence-electron chi connectivity index (χ3n) is 5.96. The molecule has 0 aliphatic rings. The van der Waals surface area contributed by atoms with Crippen LogP contribution in [0.15, 0.2) is 82.0 Å². The Balaban J connectivity index is 1.54. The summed E-state index contributed by atoms with van der Waals surface area (Å²) < 4.78 is 11.1. The fraction of sp³-hybridized carbons (Fsp3) is 0.107. The molecule has 0 N–H and O–H groups in total. The number of pyridine rings is 1. The maximum absolute atomic E-state index is 13.3. The van der Waals surface area contributed by atoms with Crippen LogP contribution < -0.4 is 5.63 Å². The van der Waals surface area contributed by atoms with Crippen molar-refractivity contribution in [2.75, 3.05) is 0 Å². The van der Waals surface area contributed by atoms with E-state index in [0.717, 1.165) is 22.1 Å². The van der Waals surface area contributed by atoms with Crippen LogP contribution in [0.5, 0.6) is 0 Å². The molecule has 3 aromatic carbocycles. The quantitative estimate of drug-likeness (QED) is 0.218. The zero-order valence-corrected chi connectivity index (χ0v) is 19.3. The number of carbonyl (C=O) groups is 1. The Morgan fingerprint density at radius 1 is 0.971 bits per heavy atom. The van der Waals surface area contributed by atoms with E-state index in [0.29, 0.717) is 38.3 Å². The van der Waals surface area contributed by atoms with E-state index in [1.807, 2.05) is 68.4 Å². The summed E-state index contributed by atoms with van der Waals surface area (Å²) in [4.78, 5) is 30.1. The summed E-state index contributed by atoms with van der Waals surface area (Å²) in [6, 6.07) is 21.6. The van der Waals surface area contributed by atoms with E-state index in [2.05, 4.69) is 0 Å². The Hall–Kier alpha value is -3.96. The summed E-state index contributed by atoms with van der Waals surface area (Å²) >= 11 is 6.38. The number of halogens is 1. The minimum absolute atomic E-state index is 0.0679. The molecule has 5 rings (SSSR count). The molecule has 0 saturated heterocycles. The zero-order valence-electron chi connectivity index (χ0n) is 18.6. The molecule has 0 radical (unpaired) electrons. The number of fused-ring (bicyclic) bond motifs is 2. The van der Waals surface area contributed by atoms with Gasteiger partial charge in [-0.15, -0.1) is 0 Å². The third kappa shape index (κ3) is 3.95. The lowest BCUT2D eigenvalue weighted by molar-refractivity contribution is 0.0476. The average Bonchev–Trinajstić information content (AvgIpc) is 2.84. The van der Waals surface area contributed by atoms with E-state index < -0.39 is 11.6 Å². The van der Waals surface area contributed by atoms with Crippen molar-refractivity contribution < 1.29 is 13.9 Å². The van der Waals surface area contributed by atoms with Gasteiger partial charge in [0.25, 0.3) is 0 Å². The first-order chi connectivity index (χ1) is 16.4. The van der Waals surface area contributed by atoms with Gasteiger partial charge in [0.1, 0.15) is 12.2 Å². The van der Waals surface area contributed by atoms with Crippen molar-refractivity contribution in [2.24, 2.45) is 0 Å². The summed E-state index contributed by atoms with van der Waals surface area (Å²) in [7, 11) is 0. The van der Waals surface area contributed by atoms with Crippen molar-refractivity contribution in [2.45, 2.75) is 20.5 Å². The van der Waals surface area contributed by atoms with Gasteiger partial charge >= 0.3 is 11.6 Å². The highest BCUT2D eigenvalue weighted by Gasteiger charge is 2.18. The van der Waals surface area contributed by atoms with Crippen molar-refractivity contribution in [3.8, 4) is 11.3 Å². The highest BCUT2D eigenvalue weighted by atomic mass is 35.5. The minimum Gasteiger partial charge on any atom is -0.457 e. The van der Waals surface area contributed by atoms with E-state index in [1.54, 1.807) is 12.1 Å². The number of benzene rings is 3. The summed E-state index contributed by atoms with van der Waals surface area (Å²) in [6.07, 6.45) is 0. The van der Waals surface area contributed by atoms with Crippen LogP contribution in [0.25, 0.3) is 33.1 Å². The van der Waals surface area contributed by atoms with Crippen LogP contribution in [0, 0.1) is 13.8 Å². The van der Waals surface area contributed by atoms with Gasteiger partial charge in [0, 0.05) is 33.0 Å². The Kier molecular flexibility index (Phi) is 5.64. The van der Waals surface area contributed by atoms with Crippen LogP contribution in [0.3, 0.4) is 0 Å². The zero-order chi connectivity index (χ0) is 23.8. The number of ether oxygens (including phenoxy) is 1. The molecule has 0 bridgehead atoms. The molecule has 2 heterocycles. The molecular formula is C28H20ClNO4. The average molecular weight is 470 g/mol. The number of nitrogens with zero attached hydrogens (tertiary/aromatic N) is 1. The largest absolute Gasteiger partial charge is 0.457 e. The lowest BCUT2D eigenvalue weighted by atomic mass is 10.0. The fourth-order valence-corrected chi connectivity index (χ4v) is 4.25. The first-order valence-electron chi connectivity index (χ1n) is 10.8. The van der Waals surface area contributed by atoms with Crippen LogP contribution >= 0.6 is 11.6 Å². The van der Waals surface area contributed by atoms with Gasteiger partial charge in [-0.1, -0.05) is 60.1 Å². The predicted octanol–water partition coefficient (Wildman–Crippen LogP) is 6.64. The van der Waals surface area contributed by atoms with Crippen LogP contribution in [-0.2, 0) is 11.3 Å². The molecule has 5 aromatic rings. The van der Waals surface area contributed by atoms with Gasteiger partial charge in [-0.05, 0) is 43.2 Å². The molecule has 2 aromatic heterocycles. The SMILES string of the molecule is Cc1ccc2c(COC(=O)c3cc(-c4ccccc4Cl)nc4ccccc34)cc(=O)oc2c1C. The highest BCUT2D eigenvalue weighted by molar-refractivity contribution is 6.33. The van der Waals surface area contributed by atoms with Gasteiger partial charge < -0.3 is 9.15 Å². The highest BCUT2D eigenvalue weighted by Crippen LogP contribution is 2.30. The number of rotatable bonds is 4. The molecule has 0 spiro atoms. The van der Waals surface area contributed by atoms with Gasteiger partial charge in [-0.3, -0.25) is 0 Å². The molecule has 0 fully saturated rings. The number of aryl methyl sites for hydroxylation is 2. The Labute approximate surface area is 200 Å². The van der Waals surface area contributed by atoms with E-state index in [9.17, 15) is 9.59 Å². The van der Waals surface area contributed by atoms with Crippen molar-refractivity contribution in [3.05, 3.63) is 110 Å². The molecule has 34 heavy (non-hydrogen) atoms. The number of hydrogen-bond acceptors (Lipinski definition) is 5. The molecule has 0 saturated carbocycles. The third-order valence-corrected chi connectivity index (χ3v) is 6.29. The molecule has 5 nitrogen and oxygen atoms in total. The van der Waals surface area contributed by atoms with Gasteiger partial charge in [0.2, 0.25) is 0 Å². The topological polar surface area (TPSA) is 69.4 Å². The molecular weight excluding hydrogens is 450 g/mol. The summed E-state index contributed by atoms with van der Waals surface area (Å²) in [5, 5.41) is 1.96. The number of esters is 1. The molecule has 0 aliphatic heterocycles. The maximum Gasteiger partial charge on any atom is 0.339 e. The van der Waals surface area contributed by atoms with Crippen molar-refractivity contribution in [3.63, 3.8) is 0 Å². The number of para-hydroxylation sites is 1. The van der Waals surface area contributed by atoms with Gasteiger partial charge in [-0.25, -0.2) is 14.6 Å². The van der Waals surface area contributed by atoms with Crippen molar-refractivity contribution in [1.29, 1.82) is 0 Å². The Morgan fingerprint density at radius 2 is 1.74 bits per heavy atom. The van der Waals surface area contributed by atoms with E-state index in [4.69, 9.17) is 25.7 Å². The molecule has 0 unspecified atom stereocenters. The molecule has 0 aliphatic carbocycles. The second-order valence-electron chi connectivity index (χ2n) is 8.10. The smallest absolute Gasteiger partial charge is 0.339 e. The minimum atomic E-state index is -0.517.